The lowest BCUT2D eigenvalue weighted by atomic mass is 10.1. The minimum absolute atomic E-state index is 0.261. The molecule has 0 atom stereocenters. The molecule has 120 valence electrons. The lowest BCUT2D eigenvalue weighted by Gasteiger charge is -2.10. The SMILES string of the molecule is Cn1c(=O)[nH]c2c(c3c(n2Cc2ccccc2)CC=CC=C3)c1=O. The maximum atomic E-state index is 12.7. The van der Waals surface area contributed by atoms with Crippen LogP contribution in [0.15, 0.2) is 58.1 Å². The van der Waals surface area contributed by atoms with Gasteiger partial charge < -0.3 is 4.57 Å². The van der Waals surface area contributed by atoms with Gasteiger partial charge in [0.05, 0.1) is 5.39 Å². The molecule has 0 saturated heterocycles. The van der Waals surface area contributed by atoms with Gasteiger partial charge in [0.1, 0.15) is 5.65 Å². The molecule has 2 heterocycles. The third-order valence-corrected chi connectivity index (χ3v) is 4.47. The van der Waals surface area contributed by atoms with E-state index < -0.39 is 5.69 Å². The van der Waals surface area contributed by atoms with Crippen LogP contribution in [0.4, 0.5) is 0 Å². The molecule has 0 unspecified atom stereocenters. The predicted octanol–water partition coefficient (Wildman–Crippen LogP) is 2.20. The van der Waals surface area contributed by atoms with Crippen molar-refractivity contribution in [2.24, 2.45) is 7.05 Å². The van der Waals surface area contributed by atoms with E-state index in [1.54, 1.807) is 0 Å². The summed E-state index contributed by atoms with van der Waals surface area (Å²) in [6.45, 7) is 0.609. The molecule has 1 aliphatic carbocycles. The highest BCUT2D eigenvalue weighted by Gasteiger charge is 2.20. The molecule has 0 radical (unpaired) electrons. The first-order chi connectivity index (χ1) is 11.7. The van der Waals surface area contributed by atoms with E-state index in [9.17, 15) is 9.59 Å². The molecule has 0 spiro atoms. The van der Waals surface area contributed by atoms with Crippen LogP contribution in [0.2, 0.25) is 0 Å². The largest absolute Gasteiger partial charge is 0.329 e. The Labute approximate surface area is 138 Å². The maximum absolute atomic E-state index is 12.7. The van der Waals surface area contributed by atoms with E-state index in [1.807, 2.05) is 53.1 Å². The molecule has 3 aromatic rings. The second-order valence-electron chi connectivity index (χ2n) is 5.94. The van der Waals surface area contributed by atoms with Crippen molar-refractivity contribution in [3.05, 3.63) is 86.2 Å². The van der Waals surface area contributed by atoms with Gasteiger partial charge in [-0.25, -0.2) is 4.79 Å². The van der Waals surface area contributed by atoms with E-state index in [-0.39, 0.29) is 5.56 Å². The van der Waals surface area contributed by atoms with E-state index in [0.717, 1.165) is 27.8 Å². The summed E-state index contributed by atoms with van der Waals surface area (Å²) in [5, 5.41) is 0.572. The third-order valence-electron chi connectivity index (χ3n) is 4.47. The number of rotatable bonds is 2. The van der Waals surface area contributed by atoms with Gasteiger partial charge in [0, 0.05) is 31.3 Å². The summed E-state index contributed by atoms with van der Waals surface area (Å²) in [6.07, 6.45) is 8.64. The van der Waals surface area contributed by atoms with Crippen molar-refractivity contribution in [2.45, 2.75) is 13.0 Å². The highest BCUT2D eigenvalue weighted by molar-refractivity contribution is 5.88. The molecule has 5 nitrogen and oxygen atoms in total. The topological polar surface area (TPSA) is 59.8 Å². The predicted molar refractivity (Wildman–Crippen MR) is 95.2 cm³/mol. The average molecular weight is 319 g/mol. The smallest absolute Gasteiger partial charge is 0.326 e. The zero-order valence-electron chi connectivity index (χ0n) is 13.3. The van der Waals surface area contributed by atoms with Crippen LogP contribution in [0.25, 0.3) is 17.1 Å². The maximum Gasteiger partial charge on any atom is 0.329 e. The normalized spacial score (nSPS) is 13.2. The highest BCUT2D eigenvalue weighted by Crippen LogP contribution is 2.26. The lowest BCUT2D eigenvalue weighted by Crippen LogP contribution is -2.32. The standard InChI is InChI=1S/C19H17N3O2/c1-21-18(23)16-14-10-6-3-7-11-15(14)22(17(16)20-19(21)24)12-13-8-4-2-5-9-13/h2-10H,11-12H2,1H3,(H,20,24). The molecule has 2 aromatic heterocycles. The Hall–Kier alpha value is -3.08. The van der Waals surface area contributed by atoms with Crippen LogP contribution in [0, 0.1) is 0 Å². The van der Waals surface area contributed by atoms with E-state index in [0.29, 0.717) is 17.6 Å². The Balaban J connectivity index is 2.07. The molecule has 24 heavy (non-hydrogen) atoms. The number of allylic oxidation sites excluding steroid dienone is 3. The second-order valence-corrected chi connectivity index (χ2v) is 5.94. The van der Waals surface area contributed by atoms with Gasteiger partial charge in [-0.1, -0.05) is 54.6 Å². The summed E-state index contributed by atoms with van der Waals surface area (Å²) in [7, 11) is 1.50. The molecule has 0 bridgehead atoms. The van der Waals surface area contributed by atoms with Gasteiger partial charge in [-0.15, -0.1) is 0 Å². The Morgan fingerprint density at radius 3 is 2.71 bits per heavy atom. The number of hydrogen-bond donors (Lipinski definition) is 1. The number of aromatic nitrogens is 3. The summed E-state index contributed by atoms with van der Waals surface area (Å²) in [5.74, 6) is 0. The van der Waals surface area contributed by atoms with Crippen molar-refractivity contribution in [1.82, 2.24) is 14.1 Å². The minimum Gasteiger partial charge on any atom is -0.326 e. The summed E-state index contributed by atoms with van der Waals surface area (Å²) < 4.78 is 3.17. The zero-order chi connectivity index (χ0) is 16.7. The Morgan fingerprint density at radius 2 is 1.92 bits per heavy atom. The van der Waals surface area contributed by atoms with Crippen LogP contribution in [-0.2, 0) is 20.0 Å². The molecule has 0 fully saturated rings. The molecule has 4 rings (SSSR count). The van der Waals surface area contributed by atoms with Crippen LogP contribution in [0.1, 0.15) is 16.8 Å². The number of fused-ring (bicyclic) bond motifs is 3. The number of nitrogens with zero attached hydrogens (tertiary/aromatic N) is 2. The molecule has 1 aliphatic rings. The monoisotopic (exact) mass is 319 g/mol. The van der Waals surface area contributed by atoms with Crippen molar-refractivity contribution >= 4 is 17.1 Å². The molecule has 0 amide bonds. The van der Waals surface area contributed by atoms with E-state index in [2.05, 4.69) is 11.1 Å². The zero-order valence-corrected chi connectivity index (χ0v) is 13.3. The highest BCUT2D eigenvalue weighted by atomic mass is 16.2. The average Bonchev–Trinajstić information content (AvgIpc) is 2.75. The van der Waals surface area contributed by atoms with Gasteiger partial charge in [-0.3, -0.25) is 14.3 Å². The molecule has 5 heteroatoms. The van der Waals surface area contributed by atoms with Gasteiger partial charge in [0.25, 0.3) is 5.56 Å². The van der Waals surface area contributed by atoms with Crippen LogP contribution < -0.4 is 11.2 Å². The summed E-state index contributed by atoms with van der Waals surface area (Å²) in [4.78, 5) is 27.7. The fourth-order valence-electron chi connectivity index (χ4n) is 3.23. The molecule has 0 saturated carbocycles. The molecule has 1 N–H and O–H groups in total. The summed E-state index contributed by atoms with van der Waals surface area (Å²) in [6, 6.07) is 10.0. The van der Waals surface area contributed by atoms with E-state index in [1.165, 1.54) is 7.05 Å². The molecular weight excluding hydrogens is 302 g/mol. The Kier molecular flexibility index (Phi) is 3.34. The quantitative estimate of drug-likeness (QED) is 0.787. The summed E-state index contributed by atoms with van der Waals surface area (Å²) in [5.41, 5.74) is 2.99. The van der Waals surface area contributed by atoms with Crippen LogP contribution in [0.3, 0.4) is 0 Å². The van der Waals surface area contributed by atoms with Crippen molar-refractivity contribution in [3.63, 3.8) is 0 Å². The second kappa shape index (κ2) is 5.53. The van der Waals surface area contributed by atoms with E-state index >= 15 is 0 Å². The molecule has 0 aliphatic heterocycles. The fraction of sp³-hybridized carbons (Fsp3) is 0.158. The van der Waals surface area contributed by atoms with Crippen LogP contribution in [-0.4, -0.2) is 14.1 Å². The first-order valence-electron chi connectivity index (χ1n) is 7.88. The lowest BCUT2D eigenvalue weighted by molar-refractivity contribution is 0.753. The summed E-state index contributed by atoms with van der Waals surface area (Å²) >= 11 is 0. The van der Waals surface area contributed by atoms with Crippen molar-refractivity contribution < 1.29 is 0 Å². The van der Waals surface area contributed by atoms with E-state index in [4.69, 9.17) is 0 Å². The molecular formula is C19H17N3O2. The Bertz CT molecular complexity index is 1100. The number of aromatic amines is 1. The first kappa shape index (κ1) is 14.5. The Morgan fingerprint density at radius 1 is 1.12 bits per heavy atom. The van der Waals surface area contributed by atoms with Crippen LogP contribution in [0.5, 0.6) is 0 Å². The van der Waals surface area contributed by atoms with Gasteiger partial charge >= 0.3 is 5.69 Å². The van der Waals surface area contributed by atoms with Gasteiger partial charge in [-0.05, 0) is 5.56 Å². The van der Waals surface area contributed by atoms with Gasteiger partial charge in [-0.2, -0.15) is 0 Å². The number of benzene rings is 1. The van der Waals surface area contributed by atoms with Gasteiger partial charge in [0.2, 0.25) is 0 Å². The number of H-pyrrole nitrogens is 1. The minimum atomic E-state index is -0.394. The van der Waals surface area contributed by atoms with Crippen molar-refractivity contribution in [2.75, 3.05) is 0 Å². The van der Waals surface area contributed by atoms with Crippen molar-refractivity contribution in [1.29, 1.82) is 0 Å². The third kappa shape index (κ3) is 2.17. The van der Waals surface area contributed by atoms with Gasteiger partial charge in [0.15, 0.2) is 0 Å². The van der Waals surface area contributed by atoms with Crippen LogP contribution >= 0.6 is 0 Å². The number of nitrogens with one attached hydrogen (secondary N) is 1. The first-order valence-corrected chi connectivity index (χ1v) is 7.88. The number of hydrogen-bond acceptors (Lipinski definition) is 2. The fourth-order valence-corrected chi connectivity index (χ4v) is 3.23. The van der Waals surface area contributed by atoms with Crippen molar-refractivity contribution in [3.8, 4) is 0 Å². The molecule has 1 aromatic carbocycles.